The summed E-state index contributed by atoms with van der Waals surface area (Å²) in [7, 11) is 1.94. The van der Waals surface area contributed by atoms with Crippen molar-refractivity contribution in [1.82, 2.24) is 9.55 Å². The minimum absolute atomic E-state index is 0.500. The van der Waals surface area contributed by atoms with Gasteiger partial charge in [-0.3, -0.25) is 0 Å². The van der Waals surface area contributed by atoms with E-state index in [2.05, 4.69) is 4.98 Å². The molecule has 1 aromatic carbocycles. The topological polar surface area (TPSA) is 38.1 Å². The average molecular weight is 269 g/mol. The summed E-state index contributed by atoms with van der Waals surface area (Å²) in [6.45, 7) is 1.72. The molecule has 0 aliphatic heterocycles. The van der Waals surface area contributed by atoms with E-state index in [1.54, 1.807) is 19.2 Å². The van der Waals surface area contributed by atoms with E-state index < -0.39 is 6.10 Å². The van der Waals surface area contributed by atoms with Crippen molar-refractivity contribution in [3.63, 3.8) is 0 Å². The van der Waals surface area contributed by atoms with E-state index in [9.17, 15) is 5.11 Å². The van der Waals surface area contributed by atoms with Crippen LogP contribution in [0.2, 0.25) is 5.02 Å². The first kappa shape index (κ1) is 12.5. The molecule has 1 atom stereocenters. The first-order valence-electron chi connectivity index (χ1n) is 5.20. The summed E-state index contributed by atoms with van der Waals surface area (Å²) in [5.41, 5.74) is 0.819. The molecule has 0 radical (unpaired) electrons. The van der Waals surface area contributed by atoms with Crippen LogP contribution in [0.1, 0.15) is 18.6 Å². The quantitative estimate of drug-likeness (QED) is 0.928. The Kier molecular flexibility index (Phi) is 3.76. The lowest BCUT2D eigenvalue weighted by Gasteiger charge is -2.08. The van der Waals surface area contributed by atoms with Crippen molar-refractivity contribution in [2.24, 2.45) is 7.05 Å². The molecule has 0 amide bonds. The molecule has 17 heavy (non-hydrogen) atoms. The van der Waals surface area contributed by atoms with Gasteiger partial charge >= 0.3 is 0 Å². The van der Waals surface area contributed by atoms with Crippen LogP contribution in [0.3, 0.4) is 0 Å². The highest BCUT2D eigenvalue weighted by Gasteiger charge is 2.09. The number of halogens is 1. The molecule has 0 fully saturated rings. The van der Waals surface area contributed by atoms with Crippen molar-refractivity contribution in [3.05, 3.63) is 41.2 Å². The van der Waals surface area contributed by atoms with Crippen LogP contribution in [0.4, 0.5) is 0 Å². The standard InChI is InChI=1S/C12H13ClN2OS/c1-8(16)9-3-4-11(10(13)7-9)17-12-14-5-6-15(12)2/h3-8,16H,1-2H3/t8-/m0/s1. The molecule has 0 bridgehead atoms. The van der Waals surface area contributed by atoms with Gasteiger partial charge in [0.25, 0.3) is 0 Å². The van der Waals surface area contributed by atoms with Crippen molar-refractivity contribution in [2.45, 2.75) is 23.1 Å². The van der Waals surface area contributed by atoms with Gasteiger partial charge in [-0.05, 0) is 24.6 Å². The van der Waals surface area contributed by atoms with E-state index >= 15 is 0 Å². The van der Waals surface area contributed by atoms with Gasteiger partial charge in [-0.25, -0.2) is 4.98 Å². The fourth-order valence-corrected chi connectivity index (χ4v) is 2.52. The van der Waals surface area contributed by atoms with Crippen LogP contribution < -0.4 is 0 Å². The highest BCUT2D eigenvalue weighted by Crippen LogP contribution is 2.33. The molecule has 0 saturated carbocycles. The molecule has 1 aromatic heterocycles. The Morgan fingerprint density at radius 3 is 2.76 bits per heavy atom. The predicted molar refractivity (Wildman–Crippen MR) is 69.4 cm³/mol. The fraction of sp³-hybridized carbons (Fsp3) is 0.250. The first-order valence-corrected chi connectivity index (χ1v) is 6.40. The number of nitrogens with zero attached hydrogens (tertiary/aromatic N) is 2. The highest BCUT2D eigenvalue weighted by molar-refractivity contribution is 7.99. The summed E-state index contributed by atoms with van der Waals surface area (Å²) in [5.74, 6) is 0. The van der Waals surface area contributed by atoms with Gasteiger partial charge in [-0.1, -0.05) is 29.4 Å². The Labute approximate surface area is 109 Å². The van der Waals surface area contributed by atoms with Crippen LogP contribution >= 0.6 is 23.4 Å². The smallest absolute Gasteiger partial charge is 0.172 e. The second-order valence-corrected chi connectivity index (χ2v) is 5.20. The molecular formula is C12H13ClN2OS. The molecule has 0 aliphatic carbocycles. The minimum atomic E-state index is -0.500. The van der Waals surface area contributed by atoms with Crippen LogP contribution in [-0.4, -0.2) is 14.7 Å². The Bertz CT molecular complexity index is 525. The SMILES string of the molecule is C[C@H](O)c1ccc(Sc2nccn2C)c(Cl)c1. The minimum Gasteiger partial charge on any atom is -0.389 e. The number of imidazole rings is 1. The molecule has 0 unspecified atom stereocenters. The van der Waals surface area contributed by atoms with E-state index in [4.69, 9.17) is 11.6 Å². The molecule has 0 aliphatic rings. The Morgan fingerprint density at radius 2 is 2.24 bits per heavy atom. The summed E-state index contributed by atoms with van der Waals surface area (Å²) in [6.07, 6.45) is 3.14. The molecule has 5 heteroatoms. The lowest BCUT2D eigenvalue weighted by atomic mass is 10.1. The second-order valence-electron chi connectivity index (χ2n) is 3.79. The van der Waals surface area contributed by atoms with E-state index in [-0.39, 0.29) is 0 Å². The number of hydrogen-bond acceptors (Lipinski definition) is 3. The molecule has 1 heterocycles. The highest BCUT2D eigenvalue weighted by atomic mass is 35.5. The van der Waals surface area contributed by atoms with Crippen molar-refractivity contribution in [2.75, 3.05) is 0 Å². The van der Waals surface area contributed by atoms with Crippen molar-refractivity contribution in [3.8, 4) is 0 Å². The Morgan fingerprint density at radius 1 is 1.47 bits per heavy atom. The normalized spacial score (nSPS) is 12.7. The number of hydrogen-bond donors (Lipinski definition) is 1. The summed E-state index contributed by atoms with van der Waals surface area (Å²) in [6, 6.07) is 5.57. The number of benzene rings is 1. The van der Waals surface area contributed by atoms with Gasteiger partial charge in [0.2, 0.25) is 0 Å². The molecular weight excluding hydrogens is 256 g/mol. The maximum absolute atomic E-state index is 9.46. The molecule has 2 rings (SSSR count). The zero-order valence-electron chi connectivity index (χ0n) is 9.59. The molecule has 0 saturated heterocycles. The van der Waals surface area contributed by atoms with Gasteiger partial charge in [-0.15, -0.1) is 0 Å². The number of rotatable bonds is 3. The first-order chi connectivity index (χ1) is 8.08. The maximum atomic E-state index is 9.46. The van der Waals surface area contributed by atoms with Gasteiger partial charge < -0.3 is 9.67 Å². The van der Waals surface area contributed by atoms with Crippen LogP contribution in [0.15, 0.2) is 40.6 Å². The van der Waals surface area contributed by atoms with Gasteiger partial charge in [0.05, 0.1) is 11.1 Å². The van der Waals surface area contributed by atoms with Crippen molar-refractivity contribution in [1.29, 1.82) is 0 Å². The largest absolute Gasteiger partial charge is 0.389 e. The van der Waals surface area contributed by atoms with E-state index in [0.717, 1.165) is 15.6 Å². The van der Waals surface area contributed by atoms with Gasteiger partial charge in [0.1, 0.15) is 0 Å². The average Bonchev–Trinajstić information content (AvgIpc) is 2.67. The van der Waals surface area contributed by atoms with Gasteiger partial charge in [-0.2, -0.15) is 0 Å². The number of aryl methyl sites for hydroxylation is 1. The van der Waals surface area contributed by atoms with Crippen LogP contribution in [0.25, 0.3) is 0 Å². The molecule has 2 aromatic rings. The molecule has 3 nitrogen and oxygen atoms in total. The maximum Gasteiger partial charge on any atom is 0.172 e. The predicted octanol–water partition coefficient (Wildman–Crippen LogP) is 3.28. The number of aromatic nitrogens is 2. The summed E-state index contributed by atoms with van der Waals surface area (Å²) < 4.78 is 1.93. The third kappa shape index (κ3) is 2.83. The zero-order valence-corrected chi connectivity index (χ0v) is 11.2. The monoisotopic (exact) mass is 268 g/mol. The van der Waals surface area contributed by atoms with E-state index in [1.807, 2.05) is 29.9 Å². The summed E-state index contributed by atoms with van der Waals surface area (Å²) in [4.78, 5) is 5.16. The molecule has 0 spiro atoms. The number of aliphatic hydroxyl groups is 1. The van der Waals surface area contributed by atoms with E-state index in [0.29, 0.717) is 5.02 Å². The number of aliphatic hydroxyl groups excluding tert-OH is 1. The third-order valence-corrected chi connectivity index (χ3v) is 3.99. The van der Waals surface area contributed by atoms with Crippen LogP contribution in [-0.2, 0) is 7.05 Å². The second kappa shape index (κ2) is 5.12. The zero-order chi connectivity index (χ0) is 12.4. The lowest BCUT2D eigenvalue weighted by Crippen LogP contribution is -1.92. The van der Waals surface area contributed by atoms with Crippen LogP contribution in [0.5, 0.6) is 0 Å². The van der Waals surface area contributed by atoms with Crippen LogP contribution in [0, 0.1) is 0 Å². The Hall–Kier alpha value is -0.970. The van der Waals surface area contributed by atoms with Crippen molar-refractivity contribution >= 4 is 23.4 Å². The van der Waals surface area contributed by atoms with E-state index in [1.165, 1.54) is 11.8 Å². The molecule has 90 valence electrons. The van der Waals surface area contributed by atoms with Gasteiger partial charge in [0, 0.05) is 24.3 Å². The fourth-order valence-electron chi connectivity index (χ4n) is 1.41. The molecule has 1 N–H and O–H groups in total. The summed E-state index contributed by atoms with van der Waals surface area (Å²) >= 11 is 7.68. The van der Waals surface area contributed by atoms with Crippen molar-refractivity contribution < 1.29 is 5.11 Å². The van der Waals surface area contributed by atoms with Gasteiger partial charge in [0.15, 0.2) is 5.16 Å². The Balaban J connectivity index is 2.26. The third-order valence-electron chi connectivity index (χ3n) is 2.42. The lowest BCUT2D eigenvalue weighted by molar-refractivity contribution is 0.199. The summed E-state index contributed by atoms with van der Waals surface area (Å²) in [5, 5.41) is 11.0.